The van der Waals surface area contributed by atoms with Crippen LogP contribution >= 0.6 is 11.3 Å². The van der Waals surface area contributed by atoms with E-state index in [1.165, 1.54) is 14.8 Å². The van der Waals surface area contributed by atoms with Crippen LogP contribution in [0.2, 0.25) is 0 Å². The van der Waals surface area contributed by atoms with E-state index in [4.69, 9.17) is 23.8 Å². The van der Waals surface area contributed by atoms with Crippen LogP contribution in [0, 0.1) is 0 Å². The molecule has 4 aromatic heterocycles. The average Bonchev–Trinajstić information content (AvgIpc) is 3.95. The largest absolute Gasteiger partial charge is 0.455 e. The molecule has 0 unspecified atom stereocenters. The molecule has 0 atom stereocenters. The Morgan fingerprint density at radius 1 is 0.364 bits per heavy atom. The highest BCUT2D eigenvalue weighted by atomic mass is 32.1. The van der Waals surface area contributed by atoms with Gasteiger partial charge in [-0.1, -0.05) is 127 Å². The minimum absolute atomic E-state index is 0.615. The normalized spacial score (nSPS) is 12.0. The van der Waals surface area contributed by atoms with Crippen molar-refractivity contribution in [3.05, 3.63) is 164 Å². The summed E-state index contributed by atoms with van der Waals surface area (Å²) in [5.74, 6) is 1.88. The molecule has 12 rings (SSSR count). The van der Waals surface area contributed by atoms with Crippen LogP contribution in [0.25, 0.3) is 120 Å². The SMILES string of the molecule is c1ccc(-c2nc(-c3ccccc3)nc(-c3cc4c5ccc(-c6cc7c8ccccc8oc7c7c6sc6ccccc67)cc5oc4c4ccccc34)n2)cc1. The number of nitrogens with zero attached hydrogens (tertiary/aromatic N) is 3. The molecule has 12 aromatic rings. The monoisotopic (exact) mass is 721 g/mol. The molecule has 0 aliphatic heterocycles. The number of aromatic nitrogens is 3. The van der Waals surface area contributed by atoms with Crippen molar-refractivity contribution in [1.29, 1.82) is 0 Å². The first-order valence-electron chi connectivity index (χ1n) is 18.3. The van der Waals surface area contributed by atoms with Gasteiger partial charge in [-0.05, 0) is 47.3 Å². The lowest BCUT2D eigenvalue weighted by Crippen LogP contribution is -2.00. The highest BCUT2D eigenvalue weighted by Crippen LogP contribution is 2.48. The standard InChI is InChI=1S/C49H27N3O2S/c1-3-13-28(14-4-1)47-50-48(29-15-5-2-6-16-29)52-49(51-47)39-27-37-33-24-23-30(25-41(33)54-44(37)34-19-8-7-17-31(34)39)36-26-38-32-18-9-11-21-40(32)53-45(38)43-35-20-10-12-22-42(35)55-46(36)43/h1-27H. The van der Waals surface area contributed by atoms with E-state index in [2.05, 4.69) is 97.1 Å². The molecule has 0 bridgehead atoms. The van der Waals surface area contributed by atoms with Gasteiger partial charge < -0.3 is 8.83 Å². The Labute approximate surface area is 317 Å². The third-order valence-electron chi connectivity index (χ3n) is 10.7. The van der Waals surface area contributed by atoms with Gasteiger partial charge in [-0.2, -0.15) is 0 Å². The summed E-state index contributed by atoms with van der Waals surface area (Å²) in [6, 6.07) is 56.6. The van der Waals surface area contributed by atoms with E-state index in [9.17, 15) is 0 Å². The summed E-state index contributed by atoms with van der Waals surface area (Å²) in [5, 5.41) is 8.67. The Bertz CT molecular complexity index is 3430. The van der Waals surface area contributed by atoms with E-state index >= 15 is 0 Å². The topological polar surface area (TPSA) is 65.0 Å². The number of thiophene rings is 1. The summed E-state index contributed by atoms with van der Waals surface area (Å²) < 4.78 is 15.8. The first-order chi connectivity index (χ1) is 27.2. The molecule has 5 nitrogen and oxygen atoms in total. The first kappa shape index (κ1) is 30.3. The Kier molecular flexibility index (Phi) is 6.44. The fraction of sp³-hybridized carbons (Fsp3) is 0. The molecule has 4 heterocycles. The fourth-order valence-corrected chi connectivity index (χ4v) is 9.40. The minimum atomic E-state index is 0.615. The molecular formula is C49H27N3O2S. The number of para-hydroxylation sites is 1. The highest BCUT2D eigenvalue weighted by Gasteiger charge is 2.22. The molecule has 0 saturated carbocycles. The molecule has 0 fully saturated rings. The maximum Gasteiger partial charge on any atom is 0.164 e. The van der Waals surface area contributed by atoms with Crippen molar-refractivity contribution in [1.82, 2.24) is 15.0 Å². The van der Waals surface area contributed by atoms with E-state index in [0.717, 1.165) is 87.9 Å². The minimum Gasteiger partial charge on any atom is -0.455 e. The molecule has 256 valence electrons. The summed E-state index contributed by atoms with van der Waals surface area (Å²) in [6.45, 7) is 0. The maximum absolute atomic E-state index is 6.85. The van der Waals surface area contributed by atoms with Crippen LogP contribution in [0.5, 0.6) is 0 Å². The van der Waals surface area contributed by atoms with Gasteiger partial charge >= 0.3 is 0 Å². The third-order valence-corrected chi connectivity index (χ3v) is 11.9. The Morgan fingerprint density at radius 2 is 0.927 bits per heavy atom. The van der Waals surface area contributed by atoms with Crippen LogP contribution in [-0.2, 0) is 0 Å². The van der Waals surface area contributed by atoms with Gasteiger partial charge in [0.1, 0.15) is 22.3 Å². The Morgan fingerprint density at radius 3 is 1.69 bits per heavy atom. The molecule has 0 radical (unpaired) electrons. The van der Waals surface area contributed by atoms with Gasteiger partial charge in [-0.15, -0.1) is 11.3 Å². The average molecular weight is 722 g/mol. The zero-order chi connectivity index (χ0) is 36.0. The number of hydrogen-bond acceptors (Lipinski definition) is 6. The molecule has 6 heteroatoms. The van der Waals surface area contributed by atoms with Crippen molar-refractivity contribution in [3.8, 4) is 45.3 Å². The van der Waals surface area contributed by atoms with Gasteiger partial charge in [0.15, 0.2) is 17.5 Å². The zero-order valence-corrected chi connectivity index (χ0v) is 30.0. The molecular weight excluding hydrogens is 695 g/mol. The van der Waals surface area contributed by atoms with Crippen LogP contribution < -0.4 is 0 Å². The van der Waals surface area contributed by atoms with E-state index in [1.807, 2.05) is 78.1 Å². The van der Waals surface area contributed by atoms with Gasteiger partial charge in [-0.3, -0.25) is 0 Å². The molecule has 0 spiro atoms. The molecule has 0 N–H and O–H groups in total. The van der Waals surface area contributed by atoms with Crippen LogP contribution in [0.4, 0.5) is 0 Å². The van der Waals surface area contributed by atoms with Crippen molar-refractivity contribution >= 4 is 86.2 Å². The van der Waals surface area contributed by atoms with Crippen molar-refractivity contribution in [2.75, 3.05) is 0 Å². The molecule has 8 aromatic carbocycles. The fourth-order valence-electron chi connectivity index (χ4n) is 8.16. The lowest BCUT2D eigenvalue weighted by molar-refractivity contribution is 0.672. The van der Waals surface area contributed by atoms with Gasteiger partial charge in [0.25, 0.3) is 0 Å². The Hall–Kier alpha value is -7.15. The molecule has 0 amide bonds. The molecule has 0 saturated heterocycles. The molecule has 55 heavy (non-hydrogen) atoms. The van der Waals surface area contributed by atoms with Crippen molar-refractivity contribution in [2.24, 2.45) is 0 Å². The van der Waals surface area contributed by atoms with E-state index in [0.29, 0.717) is 17.5 Å². The zero-order valence-electron chi connectivity index (χ0n) is 29.2. The summed E-state index contributed by atoms with van der Waals surface area (Å²) in [6.07, 6.45) is 0. The van der Waals surface area contributed by atoms with Crippen LogP contribution in [0.15, 0.2) is 173 Å². The van der Waals surface area contributed by atoms with Gasteiger partial charge in [0.2, 0.25) is 0 Å². The summed E-state index contributed by atoms with van der Waals surface area (Å²) in [4.78, 5) is 15.2. The number of hydrogen-bond donors (Lipinski definition) is 0. The quantitative estimate of drug-likeness (QED) is 0.181. The van der Waals surface area contributed by atoms with E-state index in [1.54, 1.807) is 0 Å². The van der Waals surface area contributed by atoms with Gasteiger partial charge in [0, 0.05) is 69.4 Å². The van der Waals surface area contributed by atoms with Gasteiger partial charge in [-0.25, -0.2) is 15.0 Å². The van der Waals surface area contributed by atoms with E-state index < -0.39 is 0 Å². The van der Waals surface area contributed by atoms with Crippen molar-refractivity contribution in [3.63, 3.8) is 0 Å². The summed E-state index contributed by atoms with van der Waals surface area (Å²) in [5.41, 5.74) is 8.55. The summed E-state index contributed by atoms with van der Waals surface area (Å²) >= 11 is 1.81. The lowest BCUT2D eigenvalue weighted by Gasteiger charge is -2.11. The molecule has 0 aliphatic carbocycles. The number of rotatable bonds is 4. The first-order valence-corrected chi connectivity index (χ1v) is 19.1. The van der Waals surface area contributed by atoms with Crippen LogP contribution in [-0.4, -0.2) is 15.0 Å². The second kappa shape index (κ2) is 11.7. The Balaban J connectivity index is 1.10. The third kappa shape index (κ3) is 4.62. The summed E-state index contributed by atoms with van der Waals surface area (Å²) in [7, 11) is 0. The lowest BCUT2D eigenvalue weighted by atomic mass is 9.97. The smallest absolute Gasteiger partial charge is 0.164 e. The second-order valence-corrected chi connectivity index (χ2v) is 15.0. The predicted octanol–water partition coefficient (Wildman–Crippen LogP) is 13.9. The van der Waals surface area contributed by atoms with Gasteiger partial charge in [0.05, 0.1) is 0 Å². The highest BCUT2D eigenvalue weighted by molar-refractivity contribution is 7.26. The van der Waals surface area contributed by atoms with Crippen molar-refractivity contribution < 1.29 is 8.83 Å². The van der Waals surface area contributed by atoms with Crippen LogP contribution in [0.3, 0.4) is 0 Å². The maximum atomic E-state index is 6.85. The van der Waals surface area contributed by atoms with E-state index in [-0.39, 0.29) is 0 Å². The predicted molar refractivity (Wildman–Crippen MR) is 227 cm³/mol. The molecule has 0 aliphatic rings. The number of benzene rings is 8. The number of furan rings is 2. The van der Waals surface area contributed by atoms with Crippen LogP contribution in [0.1, 0.15) is 0 Å². The number of fused-ring (bicyclic) bond motifs is 12. The van der Waals surface area contributed by atoms with Crippen molar-refractivity contribution in [2.45, 2.75) is 0 Å². The second-order valence-electron chi connectivity index (χ2n) is 13.9.